The van der Waals surface area contributed by atoms with E-state index in [1.54, 1.807) is 6.20 Å². The number of carboxylic acid groups (broad SMARTS) is 1. The van der Waals surface area contributed by atoms with Crippen LogP contribution in [-0.2, 0) is 18.4 Å². The molecular weight excluding hydrogens is 671 g/mol. The molecule has 0 radical (unpaired) electrons. The summed E-state index contributed by atoms with van der Waals surface area (Å²) in [6.45, 7) is 31.3. The van der Waals surface area contributed by atoms with Gasteiger partial charge in [0.05, 0.1) is 36.3 Å². The van der Waals surface area contributed by atoms with Crippen molar-refractivity contribution >= 4 is 34.5 Å². The van der Waals surface area contributed by atoms with E-state index in [1.165, 1.54) is 5.57 Å². The van der Waals surface area contributed by atoms with Crippen molar-refractivity contribution in [3.05, 3.63) is 47.3 Å². The number of nitrogens with zero attached hydrogens (tertiary/aromatic N) is 1. The minimum atomic E-state index is -2.43. The van der Waals surface area contributed by atoms with Gasteiger partial charge in [-0.1, -0.05) is 80.0 Å². The minimum absolute atomic E-state index is 0.0124. The SMILES string of the molecule is C#CC[C@@H](C(=O)C(C)(C)[C@H](CC(=O)O)O[Si](C)(C)C(C)(C)C)[C@@H](O[Si](C)(C)C(C)(C)C)[C@@H](C)CCC/C(C)=C\C[C@H](O)/C(C)=C/c1ccccn1. The van der Waals surface area contributed by atoms with Crippen LogP contribution in [0.5, 0.6) is 0 Å². The van der Waals surface area contributed by atoms with Gasteiger partial charge in [0, 0.05) is 18.0 Å². The highest BCUT2D eigenvalue weighted by Gasteiger charge is 2.50. The van der Waals surface area contributed by atoms with Crippen LogP contribution in [0.25, 0.3) is 6.08 Å². The van der Waals surface area contributed by atoms with Crippen molar-refractivity contribution < 1.29 is 28.7 Å². The van der Waals surface area contributed by atoms with E-state index in [9.17, 15) is 19.8 Å². The smallest absolute Gasteiger partial charge is 0.305 e. The Morgan fingerprint density at radius 2 is 1.55 bits per heavy atom. The van der Waals surface area contributed by atoms with Gasteiger partial charge < -0.3 is 19.1 Å². The van der Waals surface area contributed by atoms with E-state index in [4.69, 9.17) is 15.3 Å². The van der Waals surface area contributed by atoms with Crippen molar-refractivity contribution in [2.45, 2.75) is 169 Å². The van der Waals surface area contributed by atoms with Gasteiger partial charge in [0.25, 0.3) is 0 Å². The van der Waals surface area contributed by atoms with Crippen molar-refractivity contribution in [1.29, 1.82) is 0 Å². The van der Waals surface area contributed by atoms with Crippen LogP contribution in [0.1, 0.15) is 120 Å². The molecule has 51 heavy (non-hydrogen) atoms. The first-order chi connectivity index (χ1) is 23.2. The Hall–Kier alpha value is -2.36. The number of allylic oxidation sites excluding steroid dienone is 1. The van der Waals surface area contributed by atoms with E-state index < -0.39 is 52.2 Å². The molecule has 1 rings (SSSR count). The van der Waals surface area contributed by atoms with Crippen LogP contribution < -0.4 is 0 Å². The summed E-state index contributed by atoms with van der Waals surface area (Å²) in [5.41, 5.74) is 1.77. The van der Waals surface area contributed by atoms with Crippen LogP contribution >= 0.6 is 0 Å². The third-order valence-corrected chi connectivity index (χ3v) is 20.4. The normalized spacial score (nSPS) is 16.9. The van der Waals surface area contributed by atoms with Gasteiger partial charge in [0.15, 0.2) is 16.6 Å². The lowest BCUT2D eigenvalue weighted by atomic mass is 9.71. The third-order valence-electron chi connectivity index (χ3n) is 11.4. The molecule has 288 valence electrons. The number of hydrogen-bond donors (Lipinski definition) is 2. The van der Waals surface area contributed by atoms with E-state index in [0.717, 1.165) is 30.5 Å². The summed E-state index contributed by atoms with van der Waals surface area (Å²) in [7, 11) is -4.79. The number of Topliss-reactive ketones (excluding diaryl/α,β-unsaturated/α-hetero) is 1. The zero-order valence-corrected chi connectivity index (χ0v) is 36.6. The molecule has 5 atom stereocenters. The quantitative estimate of drug-likeness (QED) is 0.0778. The second-order valence-electron chi connectivity index (χ2n) is 18.2. The lowest BCUT2D eigenvalue weighted by Crippen LogP contribution is -2.55. The highest BCUT2D eigenvalue weighted by Crippen LogP contribution is 2.44. The van der Waals surface area contributed by atoms with E-state index in [0.29, 0.717) is 6.42 Å². The van der Waals surface area contributed by atoms with Gasteiger partial charge in [-0.25, -0.2) is 0 Å². The van der Waals surface area contributed by atoms with Gasteiger partial charge in [-0.2, -0.15) is 0 Å². The molecule has 9 heteroatoms. The Labute approximate surface area is 313 Å². The van der Waals surface area contributed by atoms with Crippen LogP contribution in [-0.4, -0.2) is 61.9 Å². The highest BCUT2D eigenvalue weighted by molar-refractivity contribution is 6.74. The van der Waals surface area contributed by atoms with Gasteiger partial charge >= 0.3 is 5.97 Å². The molecule has 1 aromatic heterocycles. The molecule has 0 aliphatic rings. The third kappa shape index (κ3) is 14.2. The summed E-state index contributed by atoms with van der Waals surface area (Å²) in [4.78, 5) is 31.3. The maximum atomic E-state index is 14.8. The van der Waals surface area contributed by atoms with Gasteiger partial charge in [-0.05, 0) is 105 Å². The van der Waals surface area contributed by atoms with Gasteiger partial charge in [-0.15, -0.1) is 12.3 Å². The molecule has 0 aliphatic heterocycles. The summed E-state index contributed by atoms with van der Waals surface area (Å²) in [5.74, 6) is 1.09. The predicted molar refractivity (Wildman–Crippen MR) is 217 cm³/mol. The molecule has 2 N–H and O–H groups in total. The summed E-state index contributed by atoms with van der Waals surface area (Å²) in [6, 6.07) is 5.72. The first-order valence-corrected chi connectivity index (χ1v) is 24.5. The Balaban J connectivity index is 3.36. The second kappa shape index (κ2) is 19.1. The summed E-state index contributed by atoms with van der Waals surface area (Å²) < 4.78 is 13.9. The second-order valence-corrected chi connectivity index (χ2v) is 27.7. The zero-order valence-electron chi connectivity index (χ0n) is 34.6. The Morgan fingerprint density at radius 1 is 0.980 bits per heavy atom. The zero-order chi connectivity index (χ0) is 39.6. The number of aliphatic hydroxyl groups excluding tert-OH is 1. The van der Waals surface area contributed by atoms with Crippen molar-refractivity contribution in [3.8, 4) is 12.3 Å². The topological polar surface area (TPSA) is 106 Å². The number of pyridine rings is 1. The molecule has 1 heterocycles. The first kappa shape index (κ1) is 46.7. The van der Waals surface area contributed by atoms with Crippen LogP contribution in [0.3, 0.4) is 0 Å². The van der Waals surface area contributed by atoms with E-state index in [2.05, 4.69) is 98.6 Å². The molecule has 0 spiro atoms. The van der Waals surface area contributed by atoms with E-state index >= 15 is 0 Å². The number of carbonyl (C=O) groups excluding carboxylic acids is 1. The molecule has 0 saturated carbocycles. The largest absolute Gasteiger partial charge is 0.481 e. The standard InChI is InChI=1S/C42H71NO6Si2/c1-17-21-34(39(47)42(11,12)36(29-37(45)46)48-50(13,14)40(5,6)7)38(49-51(15,16)41(8,9)10)31(3)23-20-22-30(2)25-26-35(44)32(4)28-33-24-18-19-27-43-33/h1,18-19,24-25,27-28,31,34-36,38,44H,20-23,26,29H2,2-16H3,(H,45,46)/b30-25-,32-28+/t31-,34+,35-,36-,38-/m0/s1. The number of aliphatic hydroxyl groups is 1. The molecule has 0 aromatic carbocycles. The van der Waals surface area contributed by atoms with Gasteiger partial charge in [0.2, 0.25) is 0 Å². The summed E-state index contributed by atoms with van der Waals surface area (Å²) in [6.07, 6.45) is 12.9. The fourth-order valence-electron chi connectivity index (χ4n) is 5.63. The van der Waals surface area contributed by atoms with Crippen molar-refractivity contribution in [1.82, 2.24) is 4.98 Å². The fraction of sp³-hybridized carbons (Fsp3) is 0.690. The number of ketones is 1. The first-order valence-electron chi connectivity index (χ1n) is 18.7. The van der Waals surface area contributed by atoms with Crippen molar-refractivity contribution in [2.75, 3.05) is 0 Å². The minimum Gasteiger partial charge on any atom is -0.481 e. The van der Waals surface area contributed by atoms with Crippen LogP contribution in [0, 0.1) is 29.6 Å². The molecule has 0 aliphatic carbocycles. The van der Waals surface area contributed by atoms with Gasteiger partial charge in [-0.3, -0.25) is 14.6 Å². The maximum Gasteiger partial charge on any atom is 0.305 e. The van der Waals surface area contributed by atoms with E-state index in [1.807, 2.05) is 45.0 Å². The number of terminal acetylenes is 1. The van der Waals surface area contributed by atoms with Gasteiger partial charge in [0.1, 0.15) is 5.78 Å². The predicted octanol–water partition coefficient (Wildman–Crippen LogP) is 10.5. The molecule has 0 unspecified atom stereocenters. The van der Waals surface area contributed by atoms with Crippen molar-refractivity contribution in [2.24, 2.45) is 17.3 Å². The number of carbonyl (C=O) groups is 2. The number of aliphatic carboxylic acids is 1. The van der Waals surface area contributed by atoms with Crippen molar-refractivity contribution in [3.63, 3.8) is 0 Å². The molecule has 0 fully saturated rings. The number of hydrogen-bond acceptors (Lipinski definition) is 6. The van der Waals surface area contributed by atoms with E-state index in [-0.39, 0.29) is 34.6 Å². The monoisotopic (exact) mass is 741 g/mol. The molecule has 0 amide bonds. The fourth-order valence-corrected chi connectivity index (χ4v) is 8.50. The van der Waals surface area contributed by atoms with Crippen LogP contribution in [0.2, 0.25) is 36.3 Å². The molecule has 0 bridgehead atoms. The number of carboxylic acids is 1. The Kier molecular flexibility index (Phi) is 17.5. The molecule has 7 nitrogen and oxygen atoms in total. The number of rotatable bonds is 20. The molecule has 0 saturated heterocycles. The Morgan fingerprint density at radius 3 is 2.04 bits per heavy atom. The highest BCUT2D eigenvalue weighted by atomic mass is 28.4. The van der Waals surface area contributed by atoms with Crippen LogP contribution in [0.15, 0.2) is 41.6 Å². The maximum absolute atomic E-state index is 14.8. The molecular formula is C42H71NO6Si2. The number of aromatic nitrogens is 1. The molecule has 1 aromatic rings. The summed E-state index contributed by atoms with van der Waals surface area (Å²) in [5, 5.41) is 20.5. The average Bonchev–Trinajstić information content (AvgIpc) is 2.99. The van der Waals surface area contributed by atoms with Crippen LogP contribution in [0.4, 0.5) is 0 Å². The Bertz CT molecular complexity index is 1380. The lowest BCUT2D eigenvalue weighted by Gasteiger charge is -2.46. The average molecular weight is 742 g/mol. The summed E-state index contributed by atoms with van der Waals surface area (Å²) >= 11 is 0. The lowest BCUT2D eigenvalue weighted by molar-refractivity contribution is -0.146.